The molecule has 24 heavy (non-hydrogen) atoms. The first-order chi connectivity index (χ1) is 10.5. The Kier molecular flexibility index (Phi) is 9.47. The van der Waals surface area contributed by atoms with Crippen molar-refractivity contribution in [3.8, 4) is 0 Å². The van der Waals surface area contributed by atoms with Crippen LogP contribution in [0.5, 0.6) is 0 Å². The minimum absolute atomic E-state index is 0. The summed E-state index contributed by atoms with van der Waals surface area (Å²) in [6.07, 6.45) is 1.70. The summed E-state index contributed by atoms with van der Waals surface area (Å²) in [5, 5.41) is 3.17. The minimum Gasteiger partial charge on any atom is -0.357 e. The number of nitrogens with one attached hydrogen (secondary N) is 2. The second-order valence-corrected chi connectivity index (χ2v) is 10.8. The average Bonchev–Trinajstić information content (AvgIpc) is 2.39. The maximum absolute atomic E-state index is 12.1. The predicted molar refractivity (Wildman–Crippen MR) is 108 cm³/mol. The van der Waals surface area contributed by atoms with Gasteiger partial charge in [0.15, 0.2) is 15.8 Å². The molecule has 1 fully saturated rings. The molecule has 0 amide bonds. The van der Waals surface area contributed by atoms with Crippen molar-refractivity contribution in [3.05, 3.63) is 0 Å². The van der Waals surface area contributed by atoms with Crippen LogP contribution in [0.15, 0.2) is 4.99 Å². The van der Waals surface area contributed by atoms with Gasteiger partial charge >= 0.3 is 0 Å². The molecule has 144 valence electrons. The Hall–Kier alpha value is -0.140. The molecule has 11 heteroatoms. The van der Waals surface area contributed by atoms with E-state index in [9.17, 15) is 16.8 Å². The summed E-state index contributed by atoms with van der Waals surface area (Å²) in [5.74, 6) is 0.787. The fourth-order valence-electron chi connectivity index (χ4n) is 2.27. The lowest BCUT2D eigenvalue weighted by Crippen LogP contribution is -2.57. The quantitative estimate of drug-likeness (QED) is 0.232. The molecule has 0 unspecified atom stereocenters. The van der Waals surface area contributed by atoms with Gasteiger partial charge in [-0.05, 0) is 27.2 Å². The fraction of sp³-hybridized carbons (Fsp3) is 0.923. The molecule has 0 bridgehead atoms. The van der Waals surface area contributed by atoms with Crippen LogP contribution >= 0.6 is 24.0 Å². The Bertz CT molecular complexity index is 632. The molecule has 8 nitrogen and oxygen atoms in total. The lowest BCUT2D eigenvalue weighted by molar-refractivity contribution is 0.353. The van der Waals surface area contributed by atoms with E-state index >= 15 is 0 Å². The minimum atomic E-state index is -3.18. The van der Waals surface area contributed by atoms with Crippen LogP contribution in [0.25, 0.3) is 0 Å². The van der Waals surface area contributed by atoms with Gasteiger partial charge in [0.25, 0.3) is 0 Å². The van der Waals surface area contributed by atoms with Crippen molar-refractivity contribution < 1.29 is 16.8 Å². The Morgan fingerprint density at radius 2 is 1.96 bits per heavy atom. The van der Waals surface area contributed by atoms with E-state index in [1.165, 1.54) is 0 Å². The highest BCUT2D eigenvalue weighted by molar-refractivity contribution is 14.0. The van der Waals surface area contributed by atoms with Gasteiger partial charge in [-0.15, -0.1) is 24.0 Å². The van der Waals surface area contributed by atoms with Crippen LogP contribution in [-0.4, -0.2) is 77.2 Å². The maximum Gasteiger partial charge on any atom is 0.208 e. The monoisotopic (exact) mass is 496 g/mol. The Balaban J connectivity index is 0.00000529. The highest BCUT2D eigenvalue weighted by atomic mass is 127. The zero-order valence-corrected chi connectivity index (χ0v) is 18.7. The molecule has 0 atom stereocenters. The van der Waals surface area contributed by atoms with Gasteiger partial charge in [-0.25, -0.2) is 21.6 Å². The van der Waals surface area contributed by atoms with Crippen molar-refractivity contribution in [2.45, 2.75) is 31.9 Å². The maximum atomic E-state index is 12.1. The Labute approximate surface area is 162 Å². The topological polar surface area (TPSA) is 108 Å². The van der Waals surface area contributed by atoms with Crippen LogP contribution in [0.1, 0.15) is 27.2 Å². The van der Waals surface area contributed by atoms with Crippen molar-refractivity contribution in [2.24, 2.45) is 4.99 Å². The van der Waals surface area contributed by atoms with Gasteiger partial charge in [0.1, 0.15) is 0 Å². The Morgan fingerprint density at radius 1 is 1.33 bits per heavy atom. The summed E-state index contributed by atoms with van der Waals surface area (Å²) in [6.45, 7) is 7.71. The van der Waals surface area contributed by atoms with E-state index < -0.39 is 24.6 Å². The van der Waals surface area contributed by atoms with Crippen LogP contribution in [0.4, 0.5) is 0 Å². The fourth-order valence-corrected chi connectivity index (χ4v) is 4.15. The number of halogens is 1. The van der Waals surface area contributed by atoms with E-state index in [-0.39, 0.29) is 29.7 Å². The van der Waals surface area contributed by atoms with Gasteiger partial charge in [-0.3, -0.25) is 4.99 Å². The lowest BCUT2D eigenvalue weighted by Gasteiger charge is -2.39. The number of hydrogen-bond donors (Lipinski definition) is 2. The van der Waals surface area contributed by atoms with Crippen LogP contribution in [-0.2, 0) is 19.9 Å². The van der Waals surface area contributed by atoms with Gasteiger partial charge in [0.2, 0.25) is 10.0 Å². The van der Waals surface area contributed by atoms with E-state index in [0.717, 1.165) is 6.26 Å². The van der Waals surface area contributed by atoms with E-state index in [4.69, 9.17) is 0 Å². The van der Waals surface area contributed by atoms with Gasteiger partial charge < -0.3 is 10.2 Å². The number of hydrogen-bond acceptors (Lipinski definition) is 5. The third-order valence-electron chi connectivity index (χ3n) is 3.64. The molecule has 0 aromatic carbocycles. The first kappa shape index (κ1) is 23.9. The van der Waals surface area contributed by atoms with E-state index in [0.29, 0.717) is 45.1 Å². The highest BCUT2D eigenvalue weighted by Gasteiger charge is 2.40. The second kappa shape index (κ2) is 9.53. The van der Waals surface area contributed by atoms with E-state index in [2.05, 4.69) is 15.0 Å². The van der Waals surface area contributed by atoms with Crippen molar-refractivity contribution >= 4 is 49.8 Å². The molecule has 0 saturated carbocycles. The third-order valence-corrected chi connectivity index (χ3v) is 6.90. The van der Waals surface area contributed by atoms with Crippen LogP contribution in [0.2, 0.25) is 0 Å². The zero-order valence-electron chi connectivity index (χ0n) is 14.7. The SMILES string of the molecule is CCNC(=NCCCNS(C)(=O)=O)N1CCS(=O)(=O)C(C)(C)C1.I. The molecule has 0 spiro atoms. The average molecular weight is 496 g/mol. The van der Waals surface area contributed by atoms with Crippen molar-refractivity contribution in [2.75, 3.05) is 44.7 Å². The molecule has 1 rings (SSSR count). The Morgan fingerprint density at radius 3 is 2.46 bits per heavy atom. The van der Waals surface area contributed by atoms with Gasteiger partial charge in [-0.2, -0.15) is 0 Å². The van der Waals surface area contributed by atoms with Gasteiger partial charge in [-0.1, -0.05) is 0 Å². The molecule has 2 N–H and O–H groups in total. The molecular formula is C13H29IN4O4S2. The molecule has 0 aromatic rings. The summed E-state index contributed by atoms with van der Waals surface area (Å²) < 4.78 is 47.7. The highest BCUT2D eigenvalue weighted by Crippen LogP contribution is 2.23. The van der Waals surface area contributed by atoms with Crippen molar-refractivity contribution in [1.29, 1.82) is 0 Å². The smallest absolute Gasteiger partial charge is 0.208 e. The number of sulfone groups is 1. The molecule has 1 heterocycles. The summed E-state index contributed by atoms with van der Waals surface area (Å²) in [6, 6.07) is 0. The first-order valence-electron chi connectivity index (χ1n) is 7.69. The van der Waals surface area contributed by atoms with Crippen LogP contribution < -0.4 is 10.0 Å². The molecule has 1 aliphatic rings. The lowest BCUT2D eigenvalue weighted by atomic mass is 10.2. The number of nitrogens with zero attached hydrogens (tertiary/aromatic N) is 2. The van der Waals surface area contributed by atoms with E-state index in [1.807, 2.05) is 11.8 Å². The third kappa shape index (κ3) is 7.40. The standard InChI is InChI=1S/C13H28N4O4S2.HI/c1-5-14-12(15-7-6-8-16-22(4,18)19)17-9-10-23(20,21)13(2,3)11-17;/h16H,5-11H2,1-4H3,(H,14,15);1H. The molecule has 1 saturated heterocycles. The van der Waals surface area contributed by atoms with Crippen molar-refractivity contribution in [1.82, 2.24) is 14.9 Å². The number of sulfonamides is 1. The predicted octanol–water partition coefficient (Wildman–Crippen LogP) is 0.0182. The first-order valence-corrected chi connectivity index (χ1v) is 11.2. The molecule has 1 aliphatic heterocycles. The van der Waals surface area contributed by atoms with E-state index in [1.54, 1.807) is 13.8 Å². The molecule has 0 radical (unpaired) electrons. The molecular weight excluding hydrogens is 467 g/mol. The van der Waals surface area contributed by atoms with Crippen molar-refractivity contribution in [3.63, 3.8) is 0 Å². The summed E-state index contributed by atoms with van der Waals surface area (Å²) in [5.41, 5.74) is 0. The summed E-state index contributed by atoms with van der Waals surface area (Å²) >= 11 is 0. The van der Waals surface area contributed by atoms with Crippen LogP contribution in [0.3, 0.4) is 0 Å². The summed E-state index contributed by atoms with van der Waals surface area (Å²) in [4.78, 5) is 6.42. The van der Waals surface area contributed by atoms with Crippen LogP contribution in [0, 0.1) is 0 Å². The largest absolute Gasteiger partial charge is 0.357 e. The number of rotatable bonds is 6. The summed E-state index contributed by atoms with van der Waals surface area (Å²) in [7, 11) is -6.26. The number of guanidine groups is 1. The normalized spacial score (nSPS) is 20.3. The number of aliphatic imine (C=N–C) groups is 1. The van der Waals surface area contributed by atoms with Gasteiger partial charge in [0, 0.05) is 32.7 Å². The molecule has 0 aromatic heterocycles. The molecule has 0 aliphatic carbocycles. The van der Waals surface area contributed by atoms with Gasteiger partial charge in [0.05, 0.1) is 16.8 Å². The second-order valence-electron chi connectivity index (χ2n) is 6.26. The zero-order chi connectivity index (χ0) is 17.7.